The molecule has 0 saturated heterocycles. The zero-order chi connectivity index (χ0) is 11.4. The highest BCUT2D eigenvalue weighted by Gasteiger charge is 1.88. The van der Waals surface area contributed by atoms with Crippen molar-refractivity contribution in [2.24, 2.45) is 0 Å². The predicted octanol–water partition coefficient (Wildman–Crippen LogP) is 3.98. The third-order valence-corrected chi connectivity index (χ3v) is 2.06. The van der Waals surface area contributed by atoms with Crippen LogP contribution in [0, 0.1) is 0 Å². The fourth-order valence-corrected chi connectivity index (χ4v) is 1.26. The van der Waals surface area contributed by atoms with E-state index in [1.54, 1.807) is 0 Å². The molecule has 0 aromatic rings. The third kappa shape index (κ3) is 12.9. The van der Waals surface area contributed by atoms with E-state index in [2.05, 4.69) is 23.8 Å². The molecule has 0 aliphatic carbocycles. The van der Waals surface area contributed by atoms with Crippen LogP contribution < -0.4 is 0 Å². The van der Waals surface area contributed by atoms with E-state index >= 15 is 0 Å². The molecule has 0 unspecified atom stereocenters. The SMILES string of the molecule is C/C=C/CCCCCC/C=C/OC(C)=O. The standard InChI is InChI=1S/C13H22O2/c1-3-4-5-6-7-8-9-10-11-12-15-13(2)14/h3-4,11-12H,5-10H2,1-2H3/b4-3+,12-11+. The van der Waals surface area contributed by atoms with Crippen LogP contribution in [0.2, 0.25) is 0 Å². The molecule has 0 heterocycles. The van der Waals surface area contributed by atoms with Crippen LogP contribution in [-0.4, -0.2) is 5.97 Å². The van der Waals surface area contributed by atoms with Gasteiger partial charge in [0, 0.05) is 6.92 Å². The predicted molar refractivity (Wildman–Crippen MR) is 63.4 cm³/mol. The first-order chi connectivity index (χ1) is 7.27. The second kappa shape index (κ2) is 11.0. The molecule has 0 aromatic carbocycles. The van der Waals surface area contributed by atoms with E-state index in [4.69, 9.17) is 0 Å². The largest absolute Gasteiger partial charge is 0.435 e. The Labute approximate surface area is 93.0 Å². The van der Waals surface area contributed by atoms with Crippen LogP contribution in [0.3, 0.4) is 0 Å². The Kier molecular flexibility index (Phi) is 10.3. The van der Waals surface area contributed by atoms with Crippen LogP contribution in [0.4, 0.5) is 0 Å². The molecule has 0 spiro atoms. The molecule has 0 aliphatic rings. The van der Waals surface area contributed by atoms with E-state index in [0.29, 0.717) is 0 Å². The van der Waals surface area contributed by atoms with Crippen molar-refractivity contribution in [3.8, 4) is 0 Å². The van der Waals surface area contributed by atoms with Gasteiger partial charge >= 0.3 is 5.97 Å². The van der Waals surface area contributed by atoms with Crippen LogP contribution in [0.5, 0.6) is 0 Å². The molecule has 2 heteroatoms. The van der Waals surface area contributed by atoms with Crippen LogP contribution in [-0.2, 0) is 9.53 Å². The smallest absolute Gasteiger partial charge is 0.307 e. The average Bonchev–Trinajstić information content (AvgIpc) is 2.20. The van der Waals surface area contributed by atoms with Gasteiger partial charge < -0.3 is 4.74 Å². The van der Waals surface area contributed by atoms with Gasteiger partial charge in [-0.2, -0.15) is 0 Å². The quantitative estimate of drug-likeness (QED) is 0.262. The van der Waals surface area contributed by atoms with Gasteiger partial charge in [-0.1, -0.05) is 25.0 Å². The van der Waals surface area contributed by atoms with E-state index < -0.39 is 0 Å². The molecular weight excluding hydrogens is 188 g/mol. The van der Waals surface area contributed by atoms with Gasteiger partial charge in [0.25, 0.3) is 0 Å². The second-order valence-electron chi connectivity index (χ2n) is 3.54. The first kappa shape index (κ1) is 13.9. The lowest BCUT2D eigenvalue weighted by Crippen LogP contribution is -1.89. The zero-order valence-electron chi connectivity index (χ0n) is 9.87. The Morgan fingerprint density at radius 3 is 2.20 bits per heavy atom. The maximum atomic E-state index is 10.4. The zero-order valence-corrected chi connectivity index (χ0v) is 9.87. The first-order valence-corrected chi connectivity index (χ1v) is 5.70. The van der Waals surface area contributed by atoms with Crippen molar-refractivity contribution >= 4 is 5.97 Å². The van der Waals surface area contributed by atoms with Crippen molar-refractivity contribution in [2.75, 3.05) is 0 Å². The Bertz CT molecular complexity index is 205. The molecule has 15 heavy (non-hydrogen) atoms. The van der Waals surface area contributed by atoms with E-state index in [1.807, 2.05) is 6.08 Å². The van der Waals surface area contributed by atoms with Gasteiger partial charge in [-0.25, -0.2) is 0 Å². The summed E-state index contributed by atoms with van der Waals surface area (Å²) in [5.41, 5.74) is 0. The summed E-state index contributed by atoms with van der Waals surface area (Å²) in [4.78, 5) is 10.4. The molecule has 0 aromatic heterocycles. The number of unbranched alkanes of at least 4 members (excludes halogenated alkanes) is 5. The van der Waals surface area contributed by atoms with Gasteiger partial charge in [0.15, 0.2) is 0 Å². The highest BCUT2D eigenvalue weighted by atomic mass is 16.5. The molecule has 2 nitrogen and oxygen atoms in total. The minimum Gasteiger partial charge on any atom is -0.435 e. The number of allylic oxidation sites excluding steroid dienone is 3. The summed E-state index contributed by atoms with van der Waals surface area (Å²) in [6.45, 7) is 3.46. The molecule has 0 saturated carbocycles. The Balaban J connectivity index is 3.11. The van der Waals surface area contributed by atoms with E-state index in [9.17, 15) is 4.79 Å². The molecule has 0 bridgehead atoms. The minimum atomic E-state index is -0.252. The summed E-state index contributed by atoms with van der Waals surface area (Å²) in [6.07, 6.45) is 14.9. The fraction of sp³-hybridized carbons (Fsp3) is 0.615. The summed E-state index contributed by atoms with van der Waals surface area (Å²) in [5.74, 6) is -0.252. The van der Waals surface area contributed by atoms with Crippen LogP contribution in [0.25, 0.3) is 0 Å². The number of esters is 1. The average molecular weight is 210 g/mol. The highest BCUT2D eigenvalue weighted by molar-refractivity contribution is 5.66. The van der Waals surface area contributed by atoms with Crippen LogP contribution in [0.1, 0.15) is 52.4 Å². The van der Waals surface area contributed by atoms with Crippen molar-refractivity contribution in [1.29, 1.82) is 0 Å². The molecule has 0 aliphatic heterocycles. The minimum absolute atomic E-state index is 0.252. The second-order valence-corrected chi connectivity index (χ2v) is 3.54. The van der Waals surface area contributed by atoms with Gasteiger partial charge in [0.1, 0.15) is 0 Å². The van der Waals surface area contributed by atoms with Crippen molar-refractivity contribution in [3.05, 3.63) is 24.5 Å². The molecule has 0 radical (unpaired) electrons. The van der Waals surface area contributed by atoms with E-state index in [1.165, 1.54) is 45.3 Å². The molecule has 0 N–H and O–H groups in total. The van der Waals surface area contributed by atoms with Gasteiger partial charge in [-0.3, -0.25) is 4.79 Å². The lowest BCUT2D eigenvalue weighted by atomic mass is 10.1. The summed E-state index contributed by atoms with van der Waals surface area (Å²) < 4.78 is 4.67. The lowest BCUT2D eigenvalue weighted by molar-refractivity contribution is -0.135. The van der Waals surface area contributed by atoms with E-state index in [0.717, 1.165) is 6.42 Å². The Hall–Kier alpha value is -1.05. The number of rotatable bonds is 8. The molecule has 0 fully saturated rings. The maximum Gasteiger partial charge on any atom is 0.307 e. The highest BCUT2D eigenvalue weighted by Crippen LogP contribution is 2.06. The normalized spacial score (nSPS) is 11.3. The summed E-state index contributed by atoms with van der Waals surface area (Å²) in [6, 6.07) is 0. The fourth-order valence-electron chi connectivity index (χ4n) is 1.26. The third-order valence-electron chi connectivity index (χ3n) is 2.06. The van der Waals surface area contributed by atoms with Gasteiger partial charge in [-0.05, 0) is 38.7 Å². The summed E-state index contributed by atoms with van der Waals surface area (Å²) in [5, 5.41) is 0. The van der Waals surface area contributed by atoms with Crippen molar-refractivity contribution in [2.45, 2.75) is 52.4 Å². The molecule has 0 atom stereocenters. The first-order valence-electron chi connectivity index (χ1n) is 5.70. The van der Waals surface area contributed by atoms with Gasteiger partial charge in [-0.15, -0.1) is 0 Å². The number of carbonyl (C=O) groups is 1. The monoisotopic (exact) mass is 210 g/mol. The van der Waals surface area contributed by atoms with Crippen molar-refractivity contribution in [3.63, 3.8) is 0 Å². The van der Waals surface area contributed by atoms with Crippen molar-refractivity contribution in [1.82, 2.24) is 0 Å². The molecule has 0 rings (SSSR count). The lowest BCUT2D eigenvalue weighted by Gasteiger charge is -1.96. The summed E-state index contributed by atoms with van der Waals surface area (Å²) >= 11 is 0. The number of hydrogen-bond acceptors (Lipinski definition) is 2. The Morgan fingerprint density at radius 2 is 1.67 bits per heavy atom. The van der Waals surface area contributed by atoms with E-state index in [-0.39, 0.29) is 5.97 Å². The van der Waals surface area contributed by atoms with Gasteiger partial charge in [0.2, 0.25) is 0 Å². The van der Waals surface area contributed by atoms with Crippen LogP contribution >= 0.6 is 0 Å². The number of carbonyl (C=O) groups excluding carboxylic acids is 1. The van der Waals surface area contributed by atoms with Crippen molar-refractivity contribution < 1.29 is 9.53 Å². The van der Waals surface area contributed by atoms with Crippen LogP contribution in [0.15, 0.2) is 24.5 Å². The summed E-state index contributed by atoms with van der Waals surface area (Å²) in [7, 11) is 0. The molecular formula is C13H22O2. The molecule has 86 valence electrons. The maximum absolute atomic E-state index is 10.4. The molecule has 0 amide bonds. The topological polar surface area (TPSA) is 26.3 Å². The number of hydrogen-bond donors (Lipinski definition) is 0. The Morgan fingerprint density at radius 1 is 1.07 bits per heavy atom. The number of ether oxygens (including phenoxy) is 1. The van der Waals surface area contributed by atoms with Gasteiger partial charge in [0.05, 0.1) is 6.26 Å².